The third-order valence-corrected chi connectivity index (χ3v) is 7.34. The van der Waals surface area contributed by atoms with E-state index in [9.17, 15) is 22.0 Å². The van der Waals surface area contributed by atoms with Gasteiger partial charge in [-0.3, -0.25) is 4.79 Å². The summed E-state index contributed by atoms with van der Waals surface area (Å²) in [5.41, 5.74) is 1.12. The minimum Gasteiger partial charge on any atom is -0.497 e. The lowest BCUT2D eigenvalue weighted by Gasteiger charge is -2.29. The monoisotopic (exact) mass is 479 g/mol. The SMILES string of the molecule is COc1ccc(CN(C(=O)c2ccc(S(=O)(=O)C(F)F)cc2)C(C)Cc2cccs2)cc1. The Morgan fingerprint density at radius 2 is 1.72 bits per heavy atom. The van der Waals surface area contributed by atoms with E-state index >= 15 is 0 Å². The normalized spacial score (nSPS) is 12.5. The van der Waals surface area contributed by atoms with E-state index in [2.05, 4.69) is 0 Å². The first-order chi connectivity index (χ1) is 15.2. The molecule has 0 bridgehead atoms. The molecule has 1 unspecified atom stereocenters. The summed E-state index contributed by atoms with van der Waals surface area (Å²) >= 11 is 1.60. The second-order valence-electron chi connectivity index (χ2n) is 7.24. The van der Waals surface area contributed by atoms with Gasteiger partial charge in [0.05, 0.1) is 12.0 Å². The van der Waals surface area contributed by atoms with Crippen molar-refractivity contribution in [3.8, 4) is 5.75 Å². The Hall–Kier alpha value is -2.78. The number of halogens is 2. The molecule has 0 radical (unpaired) electrons. The minimum atomic E-state index is -4.71. The Labute approximate surface area is 190 Å². The number of amides is 1. The van der Waals surface area contributed by atoms with E-state index in [-0.39, 0.29) is 17.5 Å². The Kier molecular flexibility index (Phi) is 7.63. The van der Waals surface area contributed by atoms with Gasteiger partial charge in [0.15, 0.2) is 0 Å². The molecule has 2 aromatic carbocycles. The van der Waals surface area contributed by atoms with Gasteiger partial charge in [-0.25, -0.2) is 8.42 Å². The maximum atomic E-state index is 13.3. The predicted octanol–water partition coefficient (Wildman–Crippen LogP) is 5.03. The van der Waals surface area contributed by atoms with Crippen LogP contribution in [0.25, 0.3) is 0 Å². The highest BCUT2D eigenvalue weighted by Crippen LogP contribution is 2.23. The Bertz CT molecular complexity index is 1130. The number of carbonyl (C=O) groups excluding carboxylic acids is 1. The van der Waals surface area contributed by atoms with Crippen LogP contribution in [-0.4, -0.2) is 38.1 Å². The number of hydrogen-bond acceptors (Lipinski definition) is 5. The van der Waals surface area contributed by atoms with Crippen molar-refractivity contribution in [1.29, 1.82) is 0 Å². The fourth-order valence-electron chi connectivity index (χ4n) is 3.24. The maximum Gasteiger partial charge on any atom is 0.341 e. The molecule has 1 heterocycles. The first-order valence-corrected chi connectivity index (χ1v) is 12.2. The van der Waals surface area contributed by atoms with Crippen LogP contribution in [0.5, 0.6) is 5.75 Å². The molecular formula is C23H23F2NO4S2. The minimum absolute atomic E-state index is 0.160. The molecule has 0 saturated carbocycles. The highest BCUT2D eigenvalue weighted by atomic mass is 32.2. The predicted molar refractivity (Wildman–Crippen MR) is 120 cm³/mol. The molecule has 9 heteroatoms. The maximum absolute atomic E-state index is 13.3. The van der Waals surface area contributed by atoms with Crippen molar-refractivity contribution in [1.82, 2.24) is 4.90 Å². The van der Waals surface area contributed by atoms with Gasteiger partial charge in [-0.1, -0.05) is 18.2 Å². The molecule has 0 aliphatic heterocycles. The number of carbonyl (C=O) groups is 1. The highest BCUT2D eigenvalue weighted by molar-refractivity contribution is 7.91. The van der Waals surface area contributed by atoms with Crippen LogP contribution in [0.4, 0.5) is 8.78 Å². The molecule has 0 fully saturated rings. The number of nitrogens with zero attached hydrogens (tertiary/aromatic N) is 1. The molecule has 0 N–H and O–H groups in total. The number of rotatable bonds is 9. The Balaban J connectivity index is 1.87. The second-order valence-corrected chi connectivity index (χ2v) is 10.2. The van der Waals surface area contributed by atoms with Crippen molar-refractivity contribution in [3.05, 3.63) is 82.0 Å². The average molecular weight is 480 g/mol. The number of ether oxygens (including phenoxy) is 1. The number of thiophene rings is 1. The Morgan fingerprint density at radius 3 is 2.25 bits per heavy atom. The van der Waals surface area contributed by atoms with Gasteiger partial charge in [0, 0.05) is 29.4 Å². The Morgan fingerprint density at radius 1 is 1.06 bits per heavy atom. The number of sulfone groups is 1. The lowest BCUT2D eigenvalue weighted by molar-refractivity contribution is 0.0676. The van der Waals surface area contributed by atoms with Crippen LogP contribution in [0, 0.1) is 0 Å². The second kappa shape index (κ2) is 10.2. The van der Waals surface area contributed by atoms with Crippen LogP contribution >= 0.6 is 11.3 Å². The van der Waals surface area contributed by atoms with E-state index in [1.54, 1.807) is 23.3 Å². The number of alkyl halides is 2. The van der Waals surface area contributed by atoms with E-state index in [1.165, 1.54) is 12.1 Å². The molecule has 0 saturated heterocycles. The number of methoxy groups -OCH3 is 1. The van der Waals surface area contributed by atoms with Crippen LogP contribution in [0.1, 0.15) is 27.7 Å². The molecule has 1 aromatic heterocycles. The van der Waals surface area contributed by atoms with Gasteiger partial charge in [0.2, 0.25) is 9.84 Å². The van der Waals surface area contributed by atoms with Gasteiger partial charge in [-0.05, 0) is 60.3 Å². The summed E-state index contributed by atoms with van der Waals surface area (Å²) in [4.78, 5) is 15.6. The number of benzene rings is 2. The molecule has 5 nitrogen and oxygen atoms in total. The summed E-state index contributed by atoms with van der Waals surface area (Å²) in [5, 5.41) is 1.97. The molecule has 3 rings (SSSR count). The van der Waals surface area contributed by atoms with Crippen molar-refractivity contribution >= 4 is 27.1 Å². The van der Waals surface area contributed by atoms with Gasteiger partial charge < -0.3 is 9.64 Å². The first-order valence-electron chi connectivity index (χ1n) is 9.80. The van der Waals surface area contributed by atoms with E-state index in [0.717, 1.165) is 22.6 Å². The average Bonchev–Trinajstić information content (AvgIpc) is 3.30. The standard InChI is InChI=1S/C23H23F2NO4S2/c1-16(14-20-4-3-13-31-20)26(15-17-5-9-19(30-2)10-6-17)22(27)18-7-11-21(12-8-18)32(28,29)23(24)25/h3-13,16,23H,14-15H2,1-2H3. The van der Waals surface area contributed by atoms with Crippen molar-refractivity contribution in [2.45, 2.75) is 36.6 Å². The van der Waals surface area contributed by atoms with E-state index < -0.39 is 20.5 Å². The van der Waals surface area contributed by atoms with Crippen LogP contribution in [0.2, 0.25) is 0 Å². The molecule has 32 heavy (non-hydrogen) atoms. The van der Waals surface area contributed by atoms with Gasteiger partial charge in [-0.2, -0.15) is 8.78 Å². The molecule has 3 aromatic rings. The zero-order valence-corrected chi connectivity index (χ0v) is 19.2. The third-order valence-electron chi connectivity index (χ3n) is 5.05. The van der Waals surface area contributed by atoms with Gasteiger partial charge in [0.25, 0.3) is 5.91 Å². The van der Waals surface area contributed by atoms with Gasteiger partial charge in [-0.15, -0.1) is 11.3 Å². The summed E-state index contributed by atoms with van der Waals surface area (Å²) in [6.07, 6.45) is 0.650. The van der Waals surface area contributed by atoms with Crippen molar-refractivity contribution in [2.24, 2.45) is 0 Å². The van der Waals surface area contributed by atoms with E-state index in [0.29, 0.717) is 18.7 Å². The summed E-state index contributed by atoms with van der Waals surface area (Å²) in [6.45, 7) is 2.27. The topological polar surface area (TPSA) is 63.7 Å². The zero-order chi connectivity index (χ0) is 23.3. The first kappa shape index (κ1) is 23.9. The molecule has 1 amide bonds. The zero-order valence-electron chi connectivity index (χ0n) is 17.6. The lowest BCUT2D eigenvalue weighted by atomic mass is 10.1. The van der Waals surface area contributed by atoms with E-state index in [1.807, 2.05) is 48.7 Å². The fourth-order valence-corrected chi connectivity index (χ4v) is 4.79. The van der Waals surface area contributed by atoms with E-state index in [4.69, 9.17) is 4.74 Å². The van der Waals surface area contributed by atoms with Crippen molar-refractivity contribution in [3.63, 3.8) is 0 Å². The van der Waals surface area contributed by atoms with Crippen molar-refractivity contribution in [2.75, 3.05) is 7.11 Å². The van der Waals surface area contributed by atoms with Crippen LogP contribution in [0.3, 0.4) is 0 Å². The molecule has 0 aliphatic carbocycles. The molecule has 1 atom stereocenters. The van der Waals surface area contributed by atoms with Gasteiger partial charge >= 0.3 is 5.76 Å². The molecule has 0 spiro atoms. The molecule has 170 valence electrons. The summed E-state index contributed by atoms with van der Waals surface area (Å²) in [7, 11) is -3.14. The molecular weight excluding hydrogens is 456 g/mol. The lowest BCUT2D eigenvalue weighted by Crippen LogP contribution is -2.39. The smallest absolute Gasteiger partial charge is 0.341 e. The van der Waals surface area contributed by atoms with Crippen LogP contribution in [-0.2, 0) is 22.8 Å². The number of hydrogen-bond donors (Lipinski definition) is 0. The highest BCUT2D eigenvalue weighted by Gasteiger charge is 2.27. The summed E-state index contributed by atoms with van der Waals surface area (Å²) < 4.78 is 54.1. The summed E-state index contributed by atoms with van der Waals surface area (Å²) in [6, 6.07) is 15.8. The fraction of sp³-hybridized carbons (Fsp3) is 0.261. The molecule has 0 aliphatic rings. The van der Waals surface area contributed by atoms with Crippen molar-refractivity contribution < 1.29 is 26.7 Å². The third kappa shape index (κ3) is 5.52. The van der Waals surface area contributed by atoms with Gasteiger partial charge in [0.1, 0.15) is 5.75 Å². The quantitative estimate of drug-likeness (QED) is 0.432. The van der Waals surface area contributed by atoms with Crippen LogP contribution < -0.4 is 4.74 Å². The van der Waals surface area contributed by atoms with Crippen LogP contribution in [0.15, 0.2) is 70.9 Å². The summed E-state index contributed by atoms with van der Waals surface area (Å²) in [5.74, 6) is -3.12. The largest absolute Gasteiger partial charge is 0.497 e.